The van der Waals surface area contributed by atoms with Gasteiger partial charge in [-0.05, 0) is 57.4 Å². The minimum Gasteiger partial charge on any atom is -0.494 e. The van der Waals surface area contributed by atoms with Crippen LogP contribution in [0.25, 0.3) is 0 Å². The molecule has 1 heterocycles. The number of rotatable bonds is 12. The number of β-amino-alcohol motifs (C(OH)–C–C–N with tert-alkyl or cyclic N) is 1. The summed E-state index contributed by atoms with van der Waals surface area (Å²) in [6, 6.07) is 13.7. The van der Waals surface area contributed by atoms with E-state index in [0.29, 0.717) is 13.2 Å². The van der Waals surface area contributed by atoms with Gasteiger partial charge in [-0.25, -0.2) is 0 Å². The van der Waals surface area contributed by atoms with E-state index >= 15 is 0 Å². The number of benzene rings is 2. The average molecular weight is 470 g/mol. The topological polar surface area (TPSA) is 97.3 Å². The molecule has 5 atom stereocenters. The summed E-state index contributed by atoms with van der Waals surface area (Å²) < 4.78 is 17.7. The number of aryl methyl sites for hydroxylation is 1. The van der Waals surface area contributed by atoms with E-state index in [1.54, 1.807) is 0 Å². The van der Waals surface area contributed by atoms with Gasteiger partial charge in [0.05, 0.1) is 25.4 Å². The van der Waals surface area contributed by atoms with Crippen LogP contribution in [0.3, 0.4) is 0 Å². The van der Waals surface area contributed by atoms with Crippen molar-refractivity contribution >= 4 is 5.97 Å². The molecular formula is C27H35NO6. The van der Waals surface area contributed by atoms with Crippen LogP contribution in [0.2, 0.25) is 0 Å². The van der Waals surface area contributed by atoms with Crippen LogP contribution >= 0.6 is 0 Å². The number of carboxylic acid groups (broad SMARTS) is 1. The molecule has 3 N–H and O–H groups in total. The third kappa shape index (κ3) is 5.37. The quantitative estimate of drug-likeness (QED) is 0.435. The lowest BCUT2D eigenvalue weighted by molar-refractivity contribution is -0.139. The Morgan fingerprint density at radius 1 is 1.21 bits per heavy atom. The summed E-state index contributed by atoms with van der Waals surface area (Å²) in [4.78, 5) is 11.5. The second-order valence-corrected chi connectivity index (χ2v) is 9.99. The van der Waals surface area contributed by atoms with E-state index in [0.717, 1.165) is 34.6 Å². The van der Waals surface area contributed by atoms with Gasteiger partial charge in [0.2, 0.25) is 0 Å². The van der Waals surface area contributed by atoms with Gasteiger partial charge in [-0.15, -0.1) is 0 Å². The molecule has 1 aliphatic heterocycles. The molecule has 7 heteroatoms. The Morgan fingerprint density at radius 3 is 2.65 bits per heavy atom. The number of carboxylic acids is 1. The van der Waals surface area contributed by atoms with Crippen molar-refractivity contribution < 1.29 is 29.2 Å². The number of carbonyl (C=O) groups is 1. The summed E-state index contributed by atoms with van der Waals surface area (Å²) in [6.45, 7) is 9.21. The van der Waals surface area contributed by atoms with Crippen molar-refractivity contribution in [2.45, 2.75) is 63.9 Å². The largest absolute Gasteiger partial charge is 0.494 e. The predicted octanol–water partition coefficient (Wildman–Crippen LogP) is 3.83. The van der Waals surface area contributed by atoms with Crippen LogP contribution in [0.5, 0.6) is 11.5 Å². The summed E-state index contributed by atoms with van der Waals surface area (Å²) in [6.07, 6.45) is -0.447. The van der Waals surface area contributed by atoms with Crippen LogP contribution in [0, 0.1) is 12.8 Å². The zero-order valence-corrected chi connectivity index (χ0v) is 20.3. The highest BCUT2D eigenvalue weighted by atomic mass is 16.5. The van der Waals surface area contributed by atoms with Crippen molar-refractivity contribution in [3.8, 4) is 11.5 Å². The predicted molar refractivity (Wildman–Crippen MR) is 128 cm³/mol. The van der Waals surface area contributed by atoms with Crippen molar-refractivity contribution in [3.63, 3.8) is 0 Å². The number of aliphatic hydroxyl groups excluding tert-OH is 1. The number of aliphatic hydroxyl groups is 1. The van der Waals surface area contributed by atoms with E-state index in [1.807, 2.05) is 56.3 Å². The van der Waals surface area contributed by atoms with Crippen LogP contribution in [0.4, 0.5) is 0 Å². The van der Waals surface area contributed by atoms with Gasteiger partial charge in [0.15, 0.2) is 0 Å². The molecule has 0 radical (unpaired) electrons. The molecule has 0 amide bonds. The first-order chi connectivity index (χ1) is 16.2. The second-order valence-electron chi connectivity index (χ2n) is 9.99. The van der Waals surface area contributed by atoms with Gasteiger partial charge in [-0.2, -0.15) is 0 Å². The molecule has 0 saturated heterocycles. The molecule has 1 aliphatic carbocycles. The second kappa shape index (κ2) is 9.94. The Morgan fingerprint density at radius 2 is 1.94 bits per heavy atom. The van der Waals surface area contributed by atoms with Gasteiger partial charge >= 0.3 is 5.97 Å². The van der Waals surface area contributed by atoms with Gasteiger partial charge in [-0.1, -0.05) is 30.3 Å². The summed E-state index contributed by atoms with van der Waals surface area (Å²) in [5, 5.41) is 23.3. The first-order valence-electron chi connectivity index (χ1n) is 11.9. The lowest BCUT2D eigenvalue weighted by Crippen LogP contribution is -2.45. The monoisotopic (exact) mass is 469 g/mol. The molecule has 2 aliphatic rings. The number of para-hydroxylation sites is 1. The van der Waals surface area contributed by atoms with Crippen LogP contribution in [0.1, 0.15) is 55.9 Å². The van der Waals surface area contributed by atoms with Crippen molar-refractivity contribution in [1.82, 2.24) is 5.32 Å². The Kier molecular flexibility index (Phi) is 7.17. The molecule has 4 rings (SSSR count). The molecule has 1 unspecified atom stereocenters. The van der Waals surface area contributed by atoms with Crippen LogP contribution < -0.4 is 14.8 Å². The molecule has 1 saturated carbocycles. The van der Waals surface area contributed by atoms with E-state index in [4.69, 9.17) is 14.2 Å². The highest BCUT2D eigenvalue weighted by molar-refractivity contribution is 5.79. The summed E-state index contributed by atoms with van der Waals surface area (Å²) in [5.74, 6) is 0.227. The first kappa shape index (κ1) is 24.5. The van der Waals surface area contributed by atoms with Gasteiger partial charge < -0.3 is 29.7 Å². The molecule has 34 heavy (non-hydrogen) atoms. The molecule has 2 aromatic carbocycles. The van der Waals surface area contributed by atoms with E-state index in [-0.39, 0.29) is 30.3 Å². The van der Waals surface area contributed by atoms with Gasteiger partial charge in [0, 0.05) is 23.6 Å². The zero-order chi connectivity index (χ0) is 24.5. The van der Waals surface area contributed by atoms with Gasteiger partial charge in [-0.3, -0.25) is 4.79 Å². The third-order valence-corrected chi connectivity index (χ3v) is 6.78. The van der Waals surface area contributed by atoms with Gasteiger partial charge in [0.25, 0.3) is 0 Å². The van der Waals surface area contributed by atoms with E-state index in [9.17, 15) is 15.0 Å². The van der Waals surface area contributed by atoms with E-state index in [2.05, 4.69) is 19.2 Å². The molecular weight excluding hydrogens is 434 g/mol. The summed E-state index contributed by atoms with van der Waals surface area (Å²) >= 11 is 0. The van der Waals surface area contributed by atoms with Crippen LogP contribution in [-0.2, 0) is 9.53 Å². The van der Waals surface area contributed by atoms with Crippen molar-refractivity contribution in [3.05, 3.63) is 59.2 Å². The Labute approximate surface area is 201 Å². The number of aliphatic carboxylic acids is 1. The highest BCUT2D eigenvalue weighted by Crippen LogP contribution is 2.61. The molecule has 0 bridgehead atoms. The highest BCUT2D eigenvalue weighted by Gasteiger charge is 2.64. The Hall–Kier alpha value is -2.61. The minimum absolute atomic E-state index is 0.112. The maximum atomic E-state index is 11.5. The van der Waals surface area contributed by atoms with Crippen molar-refractivity contribution in [2.75, 3.05) is 19.8 Å². The molecule has 1 fully saturated rings. The standard InChI is InChI=1S/C27H35NO6/c1-16-10-11-20(21-22-23(26(30)31)25(22)34-24(16)21)17(2)33-15-18(29)14-28-27(3,4)12-13-32-19-8-6-5-7-9-19/h5-11,17-18,22-23,25,28-29H,12-15H2,1-4H3,(H,30,31)/t17-,18?,22+,23+,25+/m1/s1. The average Bonchev–Trinajstić information content (AvgIpc) is 3.39. The Bertz CT molecular complexity index is 1010. The van der Waals surface area contributed by atoms with Crippen molar-refractivity contribution in [2.24, 2.45) is 5.92 Å². The fraction of sp³-hybridized carbons (Fsp3) is 0.519. The molecule has 2 aromatic rings. The number of hydrogen-bond donors (Lipinski definition) is 3. The zero-order valence-electron chi connectivity index (χ0n) is 20.3. The number of nitrogens with one attached hydrogen (secondary N) is 1. The minimum atomic E-state index is -0.819. The molecule has 0 spiro atoms. The van der Waals surface area contributed by atoms with Crippen LogP contribution in [-0.4, -0.2) is 53.7 Å². The molecule has 7 nitrogen and oxygen atoms in total. The Balaban J connectivity index is 1.25. The fourth-order valence-corrected chi connectivity index (χ4v) is 4.61. The smallest absolute Gasteiger partial charge is 0.311 e. The molecule has 0 aromatic heterocycles. The maximum absolute atomic E-state index is 11.5. The fourth-order valence-electron chi connectivity index (χ4n) is 4.61. The summed E-state index contributed by atoms with van der Waals surface area (Å²) in [5.41, 5.74) is 2.70. The number of hydrogen-bond acceptors (Lipinski definition) is 6. The van der Waals surface area contributed by atoms with E-state index < -0.39 is 18.0 Å². The van der Waals surface area contributed by atoms with Gasteiger partial charge in [0.1, 0.15) is 23.5 Å². The normalized spacial score (nSPS) is 22.3. The van der Waals surface area contributed by atoms with Crippen LogP contribution in [0.15, 0.2) is 42.5 Å². The SMILES string of the molecule is Cc1ccc([C@@H](C)OCC(O)CNC(C)(C)CCOc2ccccc2)c2c1O[C@@H]1[C@@H](C(=O)O)[C@H]21. The lowest BCUT2D eigenvalue weighted by atomic mass is 9.95. The maximum Gasteiger partial charge on any atom is 0.311 e. The molecule has 184 valence electrons. The number of ether oxygens (including phenoxy) is 3. The van der Waals surface area contributed by atoms with Crippen molar-refractivity contribution in [1.29, 1.82) is 0 Å². The van der Waals surface area contributed by atoms with E-state index in [1.165, 1.54) is 0 Å². The third-order valence-electron chi connectivity index (χ3n) is 6.78. The lowest BCUT2D eigenvalue weighted by Gasteiger charge is -2.28. The number of fused-ring (bicyclic) bond motifs is 3. The first-order valence-corrected chi connectivity index (χ1v) is 11.9. The summed E-state index contributed by atoms with van der Waals surface area (Å²) in [7, 11) is 0.